The second-order valence-electron chi connectivity index (χ2n) is 2.16. The summed E-state index contributed by atoms with van der Waals surface area (Å²) in [4.78, 5) is 0. The first kappa shape index (κ1) is 9.31. The molecule has 1 aromatic rings. The Morgan fingerprint density at radius 1 is 1.42 bits per heavy atom. The van der Waals surface area contributed by atoms with Crippen LogP contribution in [-0.4, -0.2) is 10.9 Å². The van der Waals surface area contributed by atoms with Crippen LogP contribution < -0.4 is 0 Å². The highest BCUT2D eigenvalue weighted by molar-refractivity contribution is 7.80. The van der Waals surface area contributed by atoms with E-state index >= 15 is 0 Å². The van der Waals surface area contributed by atoms with Crippen LogP contribution in [0.3, 0.4) is 0 Å². The summed E-state index contributed by atoms with van der Waals surface area (Å²) >= 11 is 9.62. The highest BCUT2D eigenvalue weighted by atomic mass is 35.5. The van der Waals surface area contributed by atoms with Crippen molar-refractivity contribution < 1.29 is 5.11 Å². The summed E-state index contributed by atoms with van der Waals surface area (Å²) in [5, 5.41) is 9.61. The maximum atomic E-state index is 9.12. The molecule has 3 heteroatoms. The van der Waals surface area contributed by atoms with E-state index < -0.39 is 0 Å². The number of benzene rings is 1. The molecule has 1 nitrogen and oxygen atoms in total. The number of rotatable bonds is 0. The van der Waals surface area contributed by atoms with Crippen LogP contribution in [-0.2, 0) is 0 Å². The Morgan fingerprint density at radius 3 is 2.75 bits per heavy atom. The standard InChI is InChI=1S/C9H7ClOS/c10-8-4-7(2-1-3-12)5-9(11)6-8/h4-6,11-12H,3H2. The maximum Gasteiger partial charge on any atom is 0.118 e. The predicted octanol–water partition coefficient (Wildman–Crippen LogP) is 2.33. The van der Waals surface area contributed by atoms with Crippen LogP contribution in [0.2, 0.25) is 5.02 Å². The summed E-state index contributed by atoms with van der Waals surface area (Å²) in [6.07, 6.45) is 0. The first-order chi connectivity index (χ1) is 5.72. The SMILES string of the molecule is Oc1cc(Cl)cc(C#CCS)c1. The van der Waals surface area contributed by atoms with Gasteiger partial charge in [-0.1, -0.05) is 23.4 Å². The van der Waals surface area contributed by atoms with Gasteiger partial charge in [0.2, 0.25) is 0 Å². The first-order valence-electron chi connectivity index (χ1n) is 3.31. The van der Waals surface area contributed by atoms with E-state index in [0.29, 0.717) is 16.3 Å². The summed E-state index contributed by atoms with van der Waals surface area (Å²) in [5.41, 5.74) is 0.703. The fraction of sp³-hybridized carbons (Fsp3) is 0.111. The largest absolute Gasteiger partial charge is 0.508 e. The second kappa shape index (κ2) is 4.30. The van der Waals surface area contributed by atoms with E-state index in [1.165, 1.54) is 6.07 Å². The number of phenols is 1. The van der Waals surface area contributed by atoms with Crippen LogP contribution in [0.5, 0.6) is 5.75 Å². The fourth-order valence-corrected chi connectivity index (χ4v) is 1.10. The van der Waals surface area contributed by atoms with Gasteiger partial charge in [-0.2, -0.15) is 12.6 Å². The van der Waals surface area contributed by atoms with Crippen LogP contribution in [0.25, 0.3) is 0 Å². The minimum absolute atomic E-state index is 0.131. The van der Waals surface area contributed by atoms with Gasteiger partial charge < -0.3 is 5.11 Å². The van der Waals surface area contributed by atoms with Crippen molar-refractivity contribution in [3.05, 3.63) is 28.8 Å². The Labute approximate surface area is 81.8 Å². The Kier molecular flexibility index (Phi) is 3.33. The van der Waals surface area contributed by atoms with Crippen LogP contribution in [0, 0.1) is 11.8 Å². The molecule has 0 spiro atoms. The van der Waals surface area contributed by atoms with E-state index in [4.69, 9.17) is 16.7 Å². The molecule has 1 N–H and O–H groups in total. The van der Waals surface area contributed by atoms with Gasteiger partial charge in [0.15, 0.2) is 0 Å². The molecule has 0 aliphatic carbocycles. The molecule has 0 bridgehead atoms. The van der Waals surface area contributed by atoms with Crippen molar-refractivity contribution in [1.29, 1.82) is 0 Å². The quantitative estimate of drug-likeness (QED) is 0.484. The van der Waals surface area contributed by atoms with Crippen molar-refractivity contribution in [1.82, 2.24) is 0 Å². The van der Waals surface area contributed by atoms with Gasteiger partial charge in [-0.3, -0.25) is 0 Å². The summed E-state index contributed by atoms with van der Waals surface area (Å²) in [6, 6.07) is 4.72. The lowest BCUT2D eigenvalue weighted by Gasteiger charge is -1.94. The van der Waals surface area contributed by atoms with Crippen molar-refractivity contribution in [2.45, 2.75) is 0 Å². The van der Waals surface area contributed by atoms with Gasteiger partial charge in [0.1, 0.15) is 5.75 Å². The zero-order valence-corrected chi connectivity index (χ0v) is 7.86. The van der Waals surface area contributed by atoms with E-state index in [2.05, 4.69) is 24.5 Å². The lowest BCUT2D eigenvalue weighted by molar-refractivity contribution is 0.475. The molecule has 12 heavy (non-hydrogen) atoms. The van der Waals surface area contributed by atoms with Gasteiger partial charge in [0.25, 0.3) is 0 Å². The van der Waals surface area contributed by atoms with E-state index in [1.807, 2.05) is 0 Å². The van der Waals surface area contributed by atoms with Gasteiger partial charge in [-0.05, 0) is 18.2 Å². The predicted molar refractivity (Wildman–Crippen MR) is 53.8 cm³/mol. The second-order valence-corrected chi connectivity index (χ2v) is 2.91. The molecule has 0 aliphatic rings. The molecule has 1 rings (SSSR count). The van der Waals surface area contributed by atoms with E-state index in [9.17, 15) is 0 Å². The van der Waals surface area contributed by atoms with Gasteiger partial charge in [-0.15, -0.1) is 0 Å². The van der Waals surface area contributed by atoms with Crippen molar-refractivity contribution in [3.8, 4) is 17.6 Å². The molecular weight excluding hydrogens is 192 g/mol. The molecule has 62 valence electrons. The lowest BCUT2D eigenvalue weighted by atomic mass is 10.2. The minimum atomic E-state index is 0.131. The van der Waals surface area contributed by atoms with Crippen LogP contribution in [0.15, 0.2) is 18.2 Å². The van der Waals surface area contributed by atoms with Crippen molar-refractivity contribution in [2.75, 3.05) is 5.75 Å². The Bertz CT molecular complexity index is 318. The Balaban J connectivity index is 3.01. The Morgan fingerprint density at radius 2 is 2.17 bits per heavy atom. The van der Waals surface area contributed by atoms with Crippen LogP contribution in [0.1, 0.15) is 5.56 Å². The monoisotopic (exact) mass is 198 g/mol. The zero-order chi connectivity index (χ0) is 8.97. The maximum absolute atomic E-state index is 9.12. The third-order valence-electron chi connectivity index (χ3n) is 1.19. The van der Waals surface area contributed by atoms with Crippen molar-refractivity contribution in [3.63, 3.8) is 0 Å². The van der Waals surface area contributed by atoms with Crippen molar-refractivity contribution >= 4 is 24.2 Å². The average molecular weight is 199 g/mol. The molecular formula is C9H7ClOS. The Hall–Kier alpha value is -0.780. The molecule has 0 saturated carbocycles. The summed E-state index contributed by atoms with van der Waals surface area (Å²) in [7, 11) is 0. The van der Waals surface area contributed by atoms with E-state index in [-0.39, 0.29) is 5.75 Å². The van der Waals surface area contributed by atoms with Gasteiger partial charge >= 0.3 is 0 Å². The number of hydrogen-bond acceptors (Lipinski definition) is 2. The third-order valence-corrected chi connectivity index (χ3v) is 1.57. The first-order valence-corrected chi connectivity index (χ1v) is 4.32. The van der Waals surface area contributed by atoms with Gasteiger partial charge in [0, 0.05) is 10.6 Å². The molecule has 0 fully saturated rings. The summed E-state index contributed by atoms with van der Waals surface area (Å²) in [5.74, 6) is 6.19. The van der Waals surface area contributed by atoms with E-state index in [1.54, 1.807) is 12.1 Å². The molecule has 0 unspecified atom stereocenters. The molecule has 0 aliphatic heterocycles. The lowest BCUT2D eigenvalue weighted by Crippen LogP contribution is -1.75. The highest BCUT2D eigenvalue weighted by Crippen LogP contribution is 2.18. The van der Waals surface area contributed by atoms with Crippen LogP contribution in [0.4, 0.5) is 0 Å². The molecule has 0 saturated heterocycles. The van der Waals surface area contributed by atoms with E-state index in [0.717, 1.165) is 0 Å². The zero-order valence-electron chi connectivity index (χ0n) is 6.21. The molecule has 0 amide bonds. The normalized spacial score (nSPS) is 8.83. The number of halogens is 1. The average Bonchev–Trinajstić information content (AvgIpc) is 1.99. The number of hydrogen-bond donors (Lipinski definition) is 2. The molecule has 0 radical (unpaired) electrons. The number of thiol groups is 1. The third kappa shape index (κ3) is 2.69. The summed E-state index contributed by atoms with van der Waals surface area (Å²) < 4.78 is 0. The number of phenolic OH excluding ortho intramolecular Hbond substituents is 1. The number of aromatic hydroxyl groups is 1. The molecule has 1 aromatic carbocycles. The minimum Gasteiger partial charge on any atom is -0.508 e. The molecule has 0 atom stereocenters. The highest BCUT2D eigenvalue weighted by Gasteiger charge is 1.94. The smallest absolute Gasteiger partial charge is 0.118 e. The summed E-state index contributed by atoms with van der Waals surface area (Å²) in [6.45, 7) is 0. The molecule has 0 aromatic heterocycles. The van der Waals surface area contributed by atoms with Gasteiger partial charge in [0.05, 0.1) is 5.75 Å². The molecule has 0 heterocycles. The van der Waals surface area contributed by atoms with Crippen LogP contribution >= 0.6 is 24.2 Å². The fourth-order valence-electron chi connectivity index (χ4n) is 0.788. The van der Waals surface area contributed by atoms with Gasteiger partial charge in [-0.25, -0.2) is 0 Å². The topological polar surface area (TPSA) is 20.2 Å². The van der Waals surface area contributed by atoms with Crippen molar-refractivity contribution in [2.24, 2.45) is 0 Å².